The van der Waals surface area contributed by atoms with E-state index in [1.165, 1.54) is 36.8 Å². The van der Waals surface area contributed by atoms with Gasteiger partial charge in [-0.1, -0.05) is 49.4 Å². The number of piperidine rings is 1. The predicted octanol–water partition coefficient (Wildman–Crippen LogP) is 7.21. The summed E-state index contributed by atoms with van der Waals surface area (Å²) < 4.78 is 11.9. The number of hydrogen-bond acceptors (Lipinski definition) is 4. The van der Waals surface area contributed by atoms with Crippen LogP contribution in [0.3, 0.4) is 0 Å². The number of amides is 1. The Hall–Kier alpha value is -1.85. The molecule has 1 aromatic carbocycles. The minimum atomic E-state index is -0.552. The van der Waals surface area contributed by atoms with Crippen molar-refractivity contribution in [3.8, 4) is 0 Å². The quantitative estimate of drug-likeness (QED) is 0.273. The molecule has 1 aromatic rings. The summed E-state index contributed by atoms with van der Waals surface area (Å²) in [5.74, 6) is 1.36. The average molecular weight is 499 g/mol. The minimum absolute atomic E-state index is 0.0673. The van der Waals surface area contributed by atoms with Crippen molar-refractivity contribution >= 4 is 6.09 Å². The maximum Gasteiger partial charge on any atom is 0.410 e. The Balaban J connectivity index is 1.63. The minimum Gasteiger partial charge on any atom is -0.444 e. The molecule has 0 spiro atoms. The number of benzene rings is 1. The third-order valence-electron chi connectivity index (χ3n) is 8.15. The van der Waals surface area contributed by atoms with Gasteiger partial charge in [0.1, 0.15) is 5.60 Å². The lowest BCUT2D eigenvalue weighted by Gasteiger charge is -2.48. The molecular formula is C31H50N2O3. The molecule has 1 heterocycles. The van der Waals surface area contributed by atoms with E-state index in [0.29, 0.717) is 31.6 Å². The van der Waals surface area contributed by atoms with Crippen LogP contribution in [0.15, 0.2) is 42.5 Å². The molecule has 2 aliphatic rings. The van der Waals surface area contributed by atoms with Crippen LogP contribution in [0.4, 0.5) is 4.79 Å². The molecule has 2 atom stereocenters. The van der Waals surface area contributed by atoms with E-state index in [0.717, 1.165) is 38.5 Å². The monoisotopic (exact) mass is 498 g/mol. The Morgan fingerprint density at radius 2 is 1.83 bits per heavy atom. The van der Waals surface area contributed by atoms with Crippen molar-refractivity contribution in [3.05, 3.63) is 48.0 Å². The van der Waals surface area contributed by atoms with Crippen LogP contribution in [0.5, 0.6) is 0 Å². The number of carbonyl (C=O) groups excluding carboxylic acids is 1. The highest BCUT2D eigenvalue weighted by Gasteiger charge is 2.45. The van der Waals surface area contributed by atoms with Gasteiger partial charge in [-0.25, -0.2) is 4.79 Å². The summed E-state index contributed by atoms with van der Waals surface area (Å²) in [4.78, 5) is 15.1. The van der Waals surface area contributed by atoms with Crippen LogP contribution in [-0.2, 0) is 9.47 Å². The van der Waals surface area contributed by atoms with E-state index < -0.39 is 11.1 Å². The zero-order valence-electron chi connectivity index (χ0n) is 23.3. The molecule has 5 heteroatoms. The highest BCUT2D eigenvalue weighted by Crippen LogP contribution is 2.39. The van der Waals surface area contributed by atoms with Crippen molar-refractivity contribution in [2.24, 2.45) is 11.7 Å². The second-order valence-electron chi connectivity index (χ2n) is 12.1. The van der Waals surface area contributed by atoms with E-state index in [9.17, 15) is 4.79 Å². The molecule has 1 aliphatic heterocycles. The zero-order chi connectivity index (χ0) is 26.2. The van der Waals surface area contributed by atoms with Crippen LogP contribution in [0.25, 0.3) is 0 Å². The van der Waals surface area contributed by atoms with Gasteiger partial charge in [-0.2, -0.15) is 0 Å². The summed E-state index contributed by atoms with van der Waals surface area (Å²) in [6, 6.07) is 10.9. The van der Waals surface area contributed by atoms with Gasteiger partial charge in [-0.05, 0) is 102 Å². The van der Waals surface area contributed by atoms with Gasteiger partial charge in [0.05, 0.1) is 24.8 Å². The first kappa shape index (κ1) is 28.7. The summed E-state index contributed by atoms with van der Waals surface area (Å²) in [6.07, 6.45) is 10.3. The Bertz CT molecular complexity index is 826. The van der Waals surface area contributed by atoms with Gasteiger partial charge in [0.25, 0.3) is 0 Å². The van der Waals surface area contributed by atoms with Crippen molar-refractivity contribution in [1.82, 2.24) is 4.90 Å². The van der Waals surface area contributed by atoms with Crippen LogP contribution in [0, 0.1) is 5.92 Å². The Morgan fingerprint density at radius 1 is 1.14 bits per heavy atom. The van der Waals surface area contributed by atoms with Crippen LogP contribution in [0.1, 0.15) is 103 Å². The molecular weight excluding hydrogens is 448 g/mol. The largest absolute Gasteiger partial charge is 0.444 e. The SMILES string of the molecule is C=C(CC)CCOCC1(N)CCCN(C(=O)OC(C)(C)C)C1CCC1CCC(c2ccccc2)CC1. The molecule has 202 valence electrons. The fourth-order valence-electron chi connectivity index (χ4n) is 5.92. The van der Waals surface area contributed by atoms with Gasteiger partial charge < -0.3 is 20.1 Å². The second kappa shape index (κ2) is 13.1. The van der Waals surface area contributed by atoms with Gasteiger partial charge in [-0.3, -0.25) is 0 Å². The first-order valence-electron chi connectivity index (χ1n) is 14.2. The summed E-state index contributed by atoms with van der Waals surface area (Å²) in [5, 5.41) is 0. The lowest BCUT2D eigenvalue weighted by molar-refractivity contribution is -0.0281. The third-order valence-corrected chi connectivity index (χ3v) is 8.15. The van der Waals surface area contributed by atoms with Gasteiger partial charge in [-0.15, -0.1) is 0 Å². The number of hydrogen-bond donors (Lipinski definition) is 1. The highest BCUT2D eigenvalue weighted by molar-refractivity contribution is 5.69. The van der Waals surface area contributed by atoms with E-state index in [4.69, 9.17) is 15.2 Å². The Labute approximate surface area is 219 Å². The smallest absolute Gasteiger partial charge is 0.410 e. The molecule has 1 saturated heterocycles. The first-order valence-corrected chi connectivity index (χ1v) is 14.2. The topological polar surface area (TPSA) is 64.8 Å². The molecule has 1 aliphatic carbocycles. The maximum absolute atomic E-state index is 13.2. The van der Waals surface area contributed by atoms with Crippen molar-refractivity contribution in [3.63, 3.8) is 0 Å². The number of carbonyl (C=O) groups is 1. The third kappa shape index (κ3) is 8.34. The lowest BCUT2D eigenvalue weighted by Crippen LogP contribution is -2.65. The number of likely N-dealkylation sites (tertiary alicyclic amines) is 1. The maximum atomic E-state index is 13.2. The number of nitrogens with two attached hydrogens (primary N) is 1. The van der Waals surface area contributed by atoms with E-state index in [1.807, 2.05) is 25.7 Å². The van der Waals surface area contributed by atoms with Crippen molar-refractivity contribution in [2.45, 2.75) is 115 Å². The molecule has 0 radical (unpaired) electrons. The lowest BCUT2D eigenvalue weighted by atomic mass is 9.74. The van der Waals surface area contributed by atoms with E-state index in [2.05, 4.69) is 43.8 Å². The molecule has 2 fully saturated rings. The number of ether oxygens (including phenoxy) is 2. The van der Waals surface area contributed by atoms with Gasteiger partial charge in [0.2, 0.25) is 0 Å². The molecule has 0 bridgehead atoms. The van der Waals surface area contributed by atoms with Gasteiger partial charge in [0.15, 0.2) is 0 Å². The van der Waals surface area contributed by atoms with Crippen molar-refractivity contribution in [1.29, 1.82) is 0 Å². The summed E-state index contributed by atoms with van der Waals surface area (Å²) in [5.41, 5.74) is 8.66. The normalized spacial score (nSPS) is 27.0. The molecule has 1 amide bonds. The average Bonchev–Trinajstić information content (AvgIpc) is 2.85. The summed E-state index contributed by atoms with van der Waals surface area (Å²) >= 11 is 0. The molecule has 36 heavy (non-hydrogen) atoms. The van der Waals surface area contributed by atoms with E-state index >= 15 is 0 Å². The number of nitrogens with zero attached hydrogens (tertiary/aromatic N) is 1. The molecule has 2 unspecified atom stereocenters. The predicted molar refractivity (Wildman–Crippen MR) is 148 cm³/mol. The van der Waals surface area contributed by atoms with Gasteiger partial charge >= 0.3 is 6.09 Å². The van der Waals surface area contributed by atoms with E-state index in [1.54, 1.807) is 0 Å². The van der Waals surface area contributed by atoms with Crippen LogP contribution >= 0.6 is 0 Å². The highest BCUT2D eigenvalue weighted by atomic mass is 16.6. The molecule has 2 N–H and O–H groups in total. The Morgan fingerprint density at radius 3 is 2.47 bits per heavy atom. The molecule has 1 saturated carbocycles. The van der Waals surface area contributed by atoms with E-state index in [-0.39, 0.29) is 12.1 Å². The second-order valence-corrected chi connectivity index (χ2v) is 12.1. The number of rotatable bonds is 10. The zero-order valence-corrected chi connectivity index (χ0v) is 23.3. The van der Waals surface area contributed by atoms with Crippen LogP contribution in [0.2, 0.25) is 0 Å². The van der Waals surface area contributed by atoms with Crippen LogP contribution in [-0.4, -0.2) is 47.9 Å². The molecule has 5 nitrogen and oxygen atoms in total. The fraction of sp³-hybridized carbons (Fsp3) is 0.710. The van der Waals surface area contributed by atoms with Gasteiger partial charge in [0, 0.05) is 6.54 Å². The summed E-state index contributed by atoms with van der Waals surface area (Å²) in [7, 11) is 0. The summed E-state index contributed by atoms with van der Waals surface area (Å²) in [6.45, 7) is 13.8. The first-order chi connectivity index (χ1) is 17.1. The van der Waals surface area contributed by atoms with Crippen molar-refractivity contribution in [2.75, 3.05) is 19.8 Å². The van der Waals surface area contributed by atoms with Crippen molar-refractivity contribution < 1.29 is 14.3 Å². The van der Waals surface area contributed by atoms with Crippen LogP contribution < -0.4 is 5.73 Å². The Kier molecular flexibility index (Phi) is 10.4. The fourth-order valence-corrected chi connectivity index (χ4v) is 5.92. The molecule has 3 rings (SSSR count). The standard InChI is InChI=1S/C31H50N2O3/c1-6-24(2)19-22-35-23-31(32)20-10-21-33(29(34)36-30(3,4)5)28(31)18-15-25-13-16-27(17-14-25)26-11-8-7-9-12-26/h7-9,11-12,25,27-28H,2,6,10,13-23,32H2,1,3-5H3. The molecule has 0 aromatic heterocycles.